The van der Waals surface area contributed by atoms with Crippen LogP contribution in [0.15, 0.2) is 41.5 Å². The molecule has 0 fully saturated rings. The van der Waals surface area contributed by atoms with Gasteiger partial charge in [0.1, 0.15) is 5.75 Å². The lowest BCUT2D eigenvalue weighted by Gasteiger charge is -2.37. The summed E-state index contributed by atoms with van der Waals surface area (Å²) < 4.78 is 0. The van der Waals surface area contributed by atoms with Crippen molar-refractivity contribution in [3.05, 3.63) is 52.6 Å². The van der Waals surface area contributed by atoms with Crippen molar-refractivity contribution >= 4 is 0 Å². The normalized spacial score (nSPS) is 20.1. The van der Waals surface area contributed by atoms with Crippen molar-refractivity contribution in [1.29, 1.82) is 0 Å². The number of aromatic hydroxyl groups is 1. The molecule has 1 unspecified atom stereocenters. The van der Waals surface area contributed by atoms with Crippen molar-refractivity contribution in [1.82, 2.24) is 0 Å². The second-order valence-corrected chi connectivity index (χ2v) is 5.85. The van der Waals surface area contributed by atoms with E-state index in [9.17, 15) is 30.6 Å². The summed E-state index contributed by atoms with van der Waals surface area (Å²) >= 11 is 0. The minimum absolute atomic E-state index is 0.0222. The molecule has 23 heavy (non-hydrogen) atoms. The largest absolute Gasteiger partial charge is 0.508 e. The van der Waals surface area contributed by atoms with Gasteiger partial charge in [0.25, 0.3) is 0 Å². The van der Waals surface area contributed by atoms with Gasteiger partial charge in [0.2, 0.25) is 0 Å². The number of hydrogen-bond acceptors (Lipinski definition) is 6. The monoisotopic (exact) mass is 322 g/mol. The van der Waals surface area contributed by atoms with Crippen molar-refractivity contribution in [2.45, 2.75) is 19.1 Å². The van der Waals surface area contributed by atoms with Gasteiger partial charge >= 0.3 is 0 Å². The average Bonchev–Trinajstić information content (AvgIpc) is 2.58. The Labute approximate surface area is 134 Å². The van der Waals surface area contributed by atoms with Crippen molar-refractivity contribution in [3.63, 3.8) is 0 Å². The lowest BCUT2D eigenvalue weighted by Crippen LogP contribution is -2.44. The smallest absolute Gasteiger partial charge is 0.119 e. The highest BCUT2D eigenvalue weighted by molar-refractivity contribution is 5.43. The van der Waals surface area contributed by atoms with Crippen LogP contribution in [0.3, 0.4) is 0 Å². The summed E-state index contributed by atoms with van der Waals surface area (Å²) in [7, 11) is 0. The van der Waals surface area contributed by atoms with E-state index in [0.29, 0.717) is 22.3 Å². The molecule has 0 aromatic heterocycles. The standard InChI is InChI=1S/C17H22O6/c18-7-11-1-2-15(22)13(3-11)5-14-4-12(8-19)6-17(9-20,10-21)16(14)23/h1-4,6,16,18-23H,5,7-10H2. The third-order valence-electron chi connectivity index (χ3n) is 4.23. The van der Waals surface area contributed by atoms with Gasteiger partial charge in [0.15, 0.2) is 0 Å². The molecule has 1 aromatic rings. The van der Waals surface area contributed by atoms with Gasteiger partial charge in [-0.2, -0.15) is 0 Å². The van der Waals surface area contributed by atoms with E-state index in [1.54, 1.807) is 18.2 Å². The molecule has 2 rings (SSSR count). The summed E-state index contributed by atoms with van der Waals surface area (Å²) in [4.78, 5) is 0. The zero-order chi connectivity index (χ0) is 17.0. The van der Waals surface area contributed by atoms with E-state index in [1.807, 2.05) is 0 Å². The van der Waals surface area contributed by atoms with Crippen molar-refractivity contribution in [2.24, 2.45) is 5.41 Å². The van der Waals surface area contributed by atoms with Crippen molar-refractivity contribution in [3.8, 4) is 5.75 Å². The fourth-order valence-electron chi connectivity index (χ4n) is 2.83. The highest BCUT2D eigenvalue weighted by Crippen LogP contribution is 2.36. The highest BCUT2D eigenvalue weighted by Gasteiger charge is 2.39. The summed E-state index contributed by atoms with van der Waals surface area (Å²) in [5, 5.41) is 58.2. The third kappa shape index (κ3) is 3.46. The number of aliphatic hydroxyl groups is 5. The van der Waals surface area contributed by atoms with E-state index in [2.05, 4.69) is 0 Å². The van der Waals surface area contributed by atoms with Gasteiger partial charge in [-0.05, 0) is 40.8 Å². The van der Waals surface area contributed by atoms with E-state index in [-0.39, 0.29) is 25.4 Å². The van der Waals surface area contributed by atoms with Gasteiger partial charge in [-0.1, -0.05) is 18.2 Å². The minimum atomic E-state index is -1.27. The molecule has 6 N–H and O–H groups in total. The molecule has 0 heterocycles. The number of rotatable bonds is 6. The molecule has 1 aliphatic carbocycles. The van der Waals surface area contributed by atoms with Crippen LogP contribution < -0.4 is 0 Å². The molecule has 126 valence electrons. The molecule has 6 nitrogen and oxygen atoms in total. The lowest BCUT2D eigenvalue weighted by molar-refractivity contribution is -0.00497. The van der Waals surface area contributed by atoms with Crippen molar-refractivity contribution < 1.29 is 30.6 Å². The molecule has 1 atom stereocenters. The quantitative estimate of drug-likeness (QED) is 0.424. The maximum Gasteiger partial charge on any atom is 0.119 e. The Kier molecular flexibility index (Phi) is 5.56. The highest BCUT2D eigenvalue weighted by atomic mass is 16.3. The molecule has 0 aliphatic heterocycles. The van der Waals surface area contributed by atoms with Crippen molar-refractivity contribution in [2.75, 3.05) is 19.8 Å². The zero-order valence-electron chi connectivity index (χ0n) is 12.7. The Hall–Kier alpha value is -1.70. The first kappa shape index (κ1) is 17.7. The van der Waals surface area contributed by atoms with Gasteiger partial charge in [-0.15, -0.1) is 0 Å². The summed E-state index contributed by atoms with van der Waals surface area (Å²) in [5.74, 6) is 0.0222. The van der Waals surface area contributed by atoms with Crippen LogP contribution in [-0.2, 0) is 13.0 Å². The summed E-state index contributed by atoms with van der Waals surface area (Å²) in [6.45, 7) is -1.42. The number of phenolic OH excluding ortho intramolecular Hbond substituents is 1. The number of benzene rings is 1. The molecule has 1 aromatic carbocycles. The summed E-state index contributed by atoms with van der Waals surface area (Å²) in [6, 6.07) is 4.68. The Morgan fingerprint density at radius 1 is 1.00 bits per heavy atom. The zero-order valence-corrected chi connectivity index (χ0v) is 12.7. The Morgan fingerprint density at radius 2 is 1.70 bits per heavy atom. The van der Waals surface area contributed by atoms with Crippen LogP contribution in [0.2, 0.25) is 0 Å². The Bertz CT molecular complexity index is 616. The minimum Gasteiger partial charge on any atom is -0.508 e. The molecule has 0 amide bonds. The average molecular weight is 322 g/mol. The van der Waals surface area contributed by atoms with Gasteiger partial charge in [-0.3, -0.25) is 0 Å². The van der Waals surface area contributed by atoms with Crippen LogP contribution in [0.25, 0.3) is 0 Å². The first-order chi connectivity index (χ1) is 11.0. The van der Waals surface area contributed by atoms with Crippen LogP contribution in [0.4, 0.5) is 0 Å². The topological polar surface area (TPSA) is 121 Å². The van der Waals surface area contributed by atoms with Gasteiger partial charge in [0.05, 0.1) is 37.9 Å². The van der Waals surface area contributed by atoms with E-state index in [0.717, 1.165) is 0 Å². The maximum absolute atomic E-state index is 10.5. The van der Waals surface area contributed by atoms with Gasteiger partial charge in [0, 0.05) is 0 Å². The predicted octanol–water partition coefficient (Wildman–Crippen LogP) is -0.382. The fraction of sp³-hybridized carbons (Fsp3) is 0.412. The predicted molar refractivity (Wildman–Crippen MR) is 83.6 cm³/mol. The molecule has 6 heteroatoms. The first-order valence-corrected chi connectivity index (χ1v) is 7.34. The van der Waals surface area contributed by atoms with Crippen LogP contribution >= 0.6 is 0 Å². The molecule has 0 saturated carbocycles. The maximum atomic E-state index is 10.5. The summed E-state index contributed by atoms with van der Waals surface area (Å²) in [5.41, 5.74) is 0.797. The van der Waals surface area contributed by atoms with E-state index < -0.39 is 24.7 Å². The number of phenols is 1. The van der Waals surface area contributed by atoms with Gasteiger partial charge < -0.3 is 30.6 Å². The van der Waals surface area contributed by atoms with E-state index in [1.165, 1.54) is 12.1 Å². The van der Waals surface area contributed by atoms with Crippen LogP contribution in [0, 0.1) is 5.41 Å². The number of aliphatic hydroxyl groups excluding tert-OH is 5. The summed E-state index contributed by atoms with van der Waals surface area (Å²) in [6.07, 6.45) is 2.09. The molecular weight excluding hydrogens is 300 g/mol. The second kappa shape index (κ2) is 7.25. The van der Waals surface area contributed by atoms with E-state index in [4.69, 9.17) is 0 Å². The van der Waals surface area contributed by atoms with E-state index >= 15 is 0 Å². The molecule has 0 spiro atoms. The second-order valence-electron chi connectivity index (χ2n) is 5.85. The first-order valence-electron chi connectivity index (χ1n) is 7.34. The van der Waals surface area contributed by atoms with Gasteiger partial charge in [-0.25, -0.2) is 0 Å². The molecule has 0 radical (unpaired) electrons. The van der Waals surface area contributed by atoms with Crippen LogP contribution in [0.5, 0.6) is 5.75 Å². The molecule has 0 saturated heterocycles. The Morgan fingerprint density at radius 3 is 2.26 bits per heavy atom. The molecule has 1 aliphatic rings. The molecular formula is C17H22O6. The SMILES string of the molecule is OCC1=CC(CO)(CO)C(O)C(Cc2cc(CO)ccc2O)=C1. The lowest BCUT2D eigenvalue weighted by atomic mass is 9.73. The van der Waals surface area contributed by atoms with Crippen LogP contribution in [0.1, 0.15) is 11.1 Å². The van der Waals surface area contributed by atoms with Crippen LogP contribution in [-0.4, -0.2) is 56.6 Å². The number of hydrogen-bond donors (Lipinski definition) is 6. The fourth-order valence-corrected chi connectivity index (χ4v) is 2.83. The Balaban J connectivity index is 2.38. The third-order valence-corrected chi connectivity index (χ3v) is 4.23. The molecule has 0 bridgehead atoms.